The minimum Gasteiger partial charge on any atom is -0.341 e. The zero-order valence-electron chi connectivity index (χ0n) is 11.3. The van der Waals surface area contributed by atoms with Gasteiger partial charge in [-0.1, -0.05) is 0 Å². The molecule has 19 heavy (non-hydrogen) atoms. The smallest absolute Gasteiger partial charge is 0.291 e. The Balaban J connectivity index is 1.91. The first-order valence-corrected chi connectivity index (χ1v) is 6.56. The van der Waals surface area contributed by atoms with E-state index in [4.69, 9.17) is 0 Å². The highest BCUT2D eigenvalue weighted by Gasteiger charge is 2.24. The molecule has 0 aliphatic carbocycles. The van der Waals surface area contributed by atoms with Crippen LogP contribution in [0.15, 0.2) is 0 Å². The van der Waals surface area contributed by atoms with Crippen LogP contribution in [0.2, 0.25) is 0 Å². The van der Waals surface area contributed by atoms with Crippen molar-refractivity contribution >= 4 is 11.8 Å². The van der Waals surface area contributed by atoms with Crippen molar-refractivity contribution in [3.8, 4) is 0 Å². The van der Waals surface area contributed by atoms with Crippen LogP contribution in [-0.2, 0) is 4.79 Å². The van der Waals surface area contributed by atoms with Gasteiger partial charge in [-0.3, -0.25) is 14.7 Å². The van der Waals surface area contributed by atoms with Crippen molar-refractivity contribution in [1.82, 2.24) is 25.4 Å². The number of carbonyl (C=O) groups is 2. The molecule has 104 valence electrons. The van der Waals surface area contributed by atoms with Crippen LogP contribution in [0.5, 0.6) is 0 Å². The molecule has 2 N–H and O–H groups in total. The van der Waals surface area contributed by atoms with Gasteiger partial charge in [-0.05, 0) is 33.1 Å². The average molecular weight is 265 g/mol. The molecule has 1 aliphatic rings. The van der Waals surface area contributed by atoms with Crippen LogP contribution in [0, 0.1) is 6.92 Å². The highest BCUT2D eigenvalue weighted by molar-refractivity contribution is 5.94. The van der Waals surface area contributed by atoms with E-state index in [1.165, 1.54) is 6.42 Å². The molecule has 1 saturated heterocycles. The average Bonchev–Trinajstić information content (AvgIpc) is 2.85. The standard InChI is InChI=1S/C12H19N5O2/c1-8(12(19)17-6-4-3-5-7-17)13-11(18)10-14-9(2)15-16-10/h8H,3-7H2,1-2H3,(H,13,18)(H,14,15,16). The Kier molecular flexibility index (Phi) is 4.13. The summed E-state index contributed by atoms with van der Waals surface area (Å²) in [5.74, 6) is 0.165. The van der Waals surface area contributed by atoms with Gasteiger partial charge in [0.05, 0.1) is 0 Å². The van der Waals surface area contributed by atoms with Crippen LogP contribution in [0.25, 0.3) is 0 Å². The number of likely N-dealkylation sites (tertiary alicyclic amines) is 1. The number of H-pyrrole nitrogens is 1. The molecule has 1 fully saturated rings. The molecule has 0 aromatic carbocycles. The molecule has 0 spiro atoms. The van der Waals surface area contributed by atoms with Gasteiger partial charge in [-0.25, -0.2) is 4.98 Å². The molecular weight excluding hydrogens is 246 g/mol. The Morgan fingerprint density at radius 3 is 2.58 bits per heavy atom. The second kappa shape index (κ2) is 5.81. The molecule has 0 bridgehead atoms. The van der Waals surface area contributed by atoms with Crippen molar-refractivity contribution in [2.75, 3.05) is 13.1 Å². The van der Waals surface area contributed by atoms with Gasteiger partial charge in [-0.15, -0.1) is 5.10 Å². The molecule has 2 rings (SSSR count). The maximum Gasteiger partial charge on any atom is 0.291 e. The number of hydrogen-bond donors (Lipinski definition) is 2. The summed E-state index contributed by atoms with van der Waals surface area (Å²) in [6.07, 6.45) is 3.24. The molecule has 1 aromatic rings. The Morgan fingerprint density at radius 2 is 2.00 bits per heavy atom. The van der Waals surface area contributed by atoms with Gasteiger partial charge in [0.25, 0.3) is 5.91 Å². The van der Waals surface area contributed by atoms with E-state index in [9.17, 15) is 9.59 Å². The van der Waals surface area contributed by atoms with Gasteiger partial charge >= 0.3 is 0 Å². The molecule has 1 atom stereocenters. The molecule has 1 unspecified atom stereocenters. The number of hydrogen-bond acceptors (Lipinski definition) is 4. The molecule has 7 nitrogen and oxygen atoms in total. The van der Waals surface area contributed by atoms with E-state index in [0.29, 0.717) is 5.82 Å². The second-order valence-corrected chi connectivity index (χ2v) is 4.83. The molecule has 1 aromatic heterocycles. The van der Waals surface area contributed by atoms with Crippen LogP contribution in [0.4, 0.5) is 0 Å². The Bertz CT molecular complexity index is 464. The third-order valence-corrected chi connectivity index (χ3v) is 3.19. The Hall–Kier alpha value is -1.92. The van der Waals surface area contributed by atoms with Crippen LogP contribution >= 0.6 is 0 Å². The number of carbonyl (C=O) groups excluding carboxylic acids is 2. The predicted octanol–water partition coefficient (Wildman–Crippen LogP) is 0.244. The lowest BCUT2D eigenvalue weighted by molar-refractivity contribution is -0.133. The highest BCUT2D eigenvalue weighted by atomic mass is 16.2. The van der Waals surface area contributed by atoms with E-state index in [2.05, 4.69) is 20.5 Å². The summed E-state index contributed by atoms with van der Waals surface area (Å²) >= 11 is 0. The largest absolute Gasteiger partial charge is 0.341 e. The maximum absolute atomic E-state index is 12.1. The number of rotatable bonds is 3. The van der Waals surface area contributed by atoms with E-state index in [1.807, 2.05) is 0 Å². The highest BCUT2D eigenvalue weighted by Crippen LogP contribution is 2.10. The van der Waals surface area contributed by atoms with Gasteiger partial charge in [0.2, 0.25) is 11.7 Å². The number of nitrogens with zero attached hydrogens (tertiary/aromatic N) is 3. The minimum atomic E-state index is -0.551. The minimum absolute atomic E-state index is 0.0414. The lowest BCUT2D eigenvalue weighted by atomic mass is 10.1. The summed E-state index contributed by atoms with van der Waals surface area (Å²) in [6.45, 7) is 4.96. The molecule has 0 radical (unpaired) electrons. The van der Waals surface area contributed by atoms with Gasteiger partial charge in [-0.2, -0.15) is 0 Å². The Labute approximate surface area is 111 Å². The molecule has 7 heteroatoms. The van der Waals surface area contributed by atoms with Crippen LogP contribution in [0.3, 0.4) is 0 Å². The van der Waals surface area contributed by atoms with E-state index in [1.54, 1.807) is 18.7 Å². The third-order valence-electron chi connectivity index (χ3n) is 3.19. The monoisotopic (exact) mass is 265 g/mol. The van der Waals surface area contributed by atoms with Crippen LogP contribution in [-0.4, -0.2) is 51.0 Å². The maximum atomic E-state index is 12.1. The molecule has 2 heterocycles. The number of piperidine rings is 1. The van der Waals surface area contributed by atoms with E-state index >= 15 is 0 Å². The van der Waals surface area contributed by atoms with Crippen molar-refractivity contribution in [3.05, 3.63) is 11.6 Å². The van der Waals surface area contributed by atoms with Gasteiger partial charge in [0.1, 0.15) is 11.9 Å². The van der Waals surface area contributed by atoms with Gasteiger partial charge in [0.15, 0.2) is 0 Å². The number of amides is 2. The van der Waals surface area contributed by atoms with Crippen LogP contribution < -0.4 is 5.32 Å². The molecule has 1 aliphatic heterocycles. The summed E-state index contributed by atoms with van der Waals surface area (Å²) < 4.78 is 0. The van der Waals surface area contributed by atoms with E-state index in [0.717, 1.165) is 25.9 Å². The normalized spacial score (nSPS) is 17.1. The van der Waals surface area contributed by atoms with Gasteiger partial charge < -0.3 is 10.2 Å². The summed E-state index contributed by atoms with van der Waals surface area (Å²) in [6, 6.07) is -0.551. The zero-order valence-corrected chi connectivity index (χ0v) is 11.3. The third kappa shape index (κ3) is 3.30. The van der Waals surface area contributed by atoms with Crippen LogP contribution in [0.1, 0.15) is 42.6 Å². The fourth-order valence-corrected chi connectivity index (χ4v) is 2.16. The lowest BCUT2D eigenvalue weighted by Gasteiger charge is -2.29. The first kappa shape index (κ1) is 13.5. The summed E-state index contributed by atoms with van der Waals surface area (Å²) in [7, 11) is 0. The van der Waals surface area contributed by atoms with Crippen molar-refractivity contribution in [2.45, 2.75) is 39.2 Å². The summed E-state index contributed by atoms with van der Waals surface area (Å²) in [4.78, 5) is 29.7. The van der Waals surface area contributed by atoms with Crippen molar-refractivity contribution in [1.29, 1.82) is 0 Å². The van der Waals surface area contributed by atoms with Crippen molar-refractivity contribution in [2.24, 2.45) is 0 Å². The van der Waals surface area contributed by atoms with E-state index in [-0.39, 0.29) is 11.7 Å². The number of aryl methyl sites for hydroxylation is 1. The summed E-state index contributed by atoms with van der Waals surface area (Å²) in [5, 5.41) is 9.00. The van der Waals surface area contributed by atoms with Crippen molar-refractivity contribution in [3.63, 3.8) is 0 Å². The number of aromatic nitrogens is 3. The second-order valence-electron chi connectivity index (χ2n) is 4.83. The fraction of sp³-hybridized carbons (Fsp3) is 0.667. The number of nitrogens with one attached hydrogen (secondary N) is 2. The summed E-state index contributed by atoms with van der Waals surface area (Å²) in [5.41, 5.74) is 0. The first-order valence-electron chi connectivity index (χ1n) is 6.56. The lowest BCUT2D eigenvalue weighted by Crippen LogP contribution is -2.48. The topological polar surface area (TPSA) is 91.0 Å². The van der Waals surface area contributed by atoms with Gasteiger partial charge in [0, 0.05) is 13.1 Å². The molecular formula is C12H19N5O2. The molecule has 0 saturated carbocycles. The molecule has 2 amide bonds. The quantitative estimate of drug-likeness (QED) is 0.819. The number of aromatic amines is 1. The predicted molar refractivity (Wildman–Crippen MR) is 68.5 cm³/mol. The Morgan fingerprint density at radius 1 is 1.32 bits per heavy atom. The van der Waals surface area contributed by atoms with E-state index < -0.39 is 11.9 Å². The SMILES string of the molecule is Cc1nc(C(=O)NC(C)C(=O)N2CCCCC2)n[nH]1. The fourth-order valence-electron chi connectivity index (χ4n) is 2.16. The van der Waals surface area contributed by atoms with Crippen molar-refractivity contribution < 1.29 is 9.59 Å². The zero-order chi connectivity index (χ0) is 13.8. The first-order chi connectivity index (χ1) is 9.08.